The maximum Gasteiger partial charge on any atom is 0.306 e. The number of hydrogen-bond acceptors (Lipinski definition) is 3. The molecule has 0 fully saturated rings. The molecule has 0 spiro atoms. The quantitative estimate of drug-likeness (QED) is 0.616. The van der Waals surface area contributed by atoms with Crippen molar-refractivity contribution in [3.63, 3.8) is 0 Å². The molecule has 0 saturated carbocycles. The van der Waals surface area contributed by atoms with Crippen LogP contribution in [0.5, 0.6) is 5.75 Å². The van der Waals surface area contributed by atoms with Crippen molar-refractivity contribution in [1.29, 1.82) is 0 Å². The zero-order chi connectivity index (χ0) is 11.6. The second kappa shape index (κ2) is 4.84. The first-order valence-electron chi connectivity index (χ1n) is 4.12. The van der Waals surface area contributed by atoms with Gasteiger partial charge in [-0.05, 0) is 30.7 Å². The third-order valence-corrected chi connectivity index (χ3v) is 3.35. The molecule has 0 aliphatic rings. The smallest absolute Gasteiger partial charge is 0.306 e. The molecule has 84 valence electrons. The molecule has 6 heteroatoms. The fourth-order valence-electron chi connectivity index (χ4n) is 1.05. The number of hydrogen-bond donors (Lipinski definition) is 0. The average molecular weight is 358 g/mol. The van der Waals surface area contributed by atoms with E-state index >= 15 is 0 Å². The number of alkyl halides is 1. The molecule has 1 rings (SSSR count). The van der Waals surface area contributed by atoms with Crippen molar-refractivity contribution in [3.8, 4) is 5.75 Å². The fraction of sp³-hybridized carbons (Fsp3) is 0.333. The summed E-state index contributed by atoms with van der Waals surface area (Å²) >= 11 is 6.79. The Morgan fingerprint density at radius 1 is 1.40 bits per heavy atom. The summed E-state index contributed by atoms with van der Waals surface area (Å²) in [6, 6.07) is 5.04. The lowest BCUT2D eigenvalue weighted by molar-refractivity contribution is 0.492. The average Bonchev–Trinajstić information content (AvgIpc) is 2.05. The third kappa shape index (κ3) is 4.12. The molecule has 3 nitrogen and oxygen atoms in total. The van der Waals surface area contributed by atoms with Crippen molar-refractivity contribution in [2.75, 3.05) is 6.26 Å². The summed E-state index contributed by atoms with van der Waals surface area (Å²) in [6.07, 6.45) is 1.02. The molecule has 0 aliphatic heterocycles. The molecule has 1 atom stereocenters. The normalized spacial score (nSPS) is 13.6. The van der Waals surface area contributed by atoms with E-state index in [0.717, 1.165) is 16.3 Å². The van der Waals surface area contributed by atoms with E-state index in [0.29, 0.717) is 5.75 Å². The van der Waals surface area contributed by atoms with Crippen molar-refractivity contribution in [2.24, 2.45) is 0 Å². The molecule has 0 amide bonds. The molecule has 0 N–H and O–H groups in total. The maximum atomic E-state index is 10.9. The van der Waals surface area contributed by atoms with E-state index in [1.807, 2.05) is 6.92 Å². The van der Waals surface area contributed by atoms with E-state index in [2.05, 4.69) is 31.9 Å². The highest BCUT2D eigenvalue weighted by Gasteiger charge is 2.10. The van der Waals surface area contributed by atoms with E-state index in [1.54, 1.807) is 18.2 Å². The molecule has 1 aromatic carbocycles. The zero-order valence-corrected chi connectivity index (χ0v) is 12.2. The van der Waals surface area contributed by atoms with Crippen LogP contribution in [0.15, 0.2) is 22.7 Å². The molecule has 1 unspecified atom stereocenters. The lowest BCUT2D eigenvalue weighted by Crippen LogP contribution is -2.06. The second-order valence-corrected chi connectivity index (χ2v) is 6.89. The summed E-state index contributed by atoms with van der Waals surface area (Å²) in [5.41, 5.74) is 0.941. The summed E-state index contributed by atoms with van der Waals surface area (Å²) in [4.78, 5) is 0.120. The van der Waals surface area contributed by atoms with Crippen LogP contribution in [0.1, 0.15) is 17.3 Å². The molecule has 0 aliphatic carbocycles. The monoisotopic (exact) mass is 356 g/mol. The Kier molecular flexibility index (Phi) is 4.20. The fourth-order valence-corrected chi connectivity index (χ4v) is 2.78. The highest BCUT2D eigenvalue weighted by Crippen LogP contribution is 2.32. The van der Waals surface area contributed by atoms with E-state index in [4.69, 9.17) is 4.18 Å². The van der Waals surface area contributed by atoms with Gasteiger partial charge >= 0.3 is 10.1 Å². The summed E-state index contributed by atoms with van der Waals surface area (Å²) in [7, 11) is -3.46. The highest BCUT2D eigenvalue weighted by molar-refractivity contribution is 9.11. The Labute approximate surface area is 106 Å². The van der Waals surface area contributed by atoms with Gasteiger partial charge in [0.2, 0.25) is 0 Å². The van der Waals surface area contributed by atoms with Crippen molar-refractivity contribution < 1.29 is 12.6 Å². The summed E-state index contributed by atoms with van der Waals surface area (Å²) in [5.74, 6) is 0.321. The van der Waals surface area contributed by atoms with Crippen LogP contribution in [0.25, 0.3) is 0 Å². The first-order chi connectivity index (χ1) is 6.79. The minimum Gasteiger partial charge on any atom is -0.383 e. The predicted octanol–water partition coefficient (Wildman–Crippen LogP) is 3.24. The van der Waals surface area contributed by atoms with Gasteiger partial charge in [-0.25, -0.2) is 0 Å². The van der Waals surface area contributed by atoms with E-state index in [-0.39, 0.29) is 4.83 Å². The van der Waals surface area contributed by atoms with Crippen LogP contribution in [-0.2, 0) is 10.1 Å². The van der Waals surface area contributed by atoms with E-state index in [9.17, 15) is 8.42 Å². The molecule has 0 aromatic heterocycles. The van der Waals surface area contributed by atoms with Crippen LogP contribution in [0, 0.1) is 0 Å². The lowest BCUT2D eigenvalue weighted by atomic mass is 10.2. The van der Waals surface area contributed by atoms with Gasteiger partial charge in [-0.15, -0.1) is 0 Å². The molecular weight excluding hydrogens is 348 g/mol. The van der Waals surface area contributed by atoms with Gasteiger partial charge in [0.15, 0.2) is 0 Å². The SMILES string of the molecule is CC(Br)c1cc(OS(C)(=O)=O)ccc1Br. The summed E-state index contributed by atoms with van der Waals surface area (Å²) in [6.45, 7) is 1.95. The van der Waals surface area contributed by atoms with Crippen LogP contribution in [0.3, 0.4) is 0 Å². The Bertz CT molecular complexity index is 454. The third-order valence-electron chi connectivity index (χ3n) is 1.64. The standard InChI is InChI=1S/C9H10Br2O3S/c1-6(10)8-5-7(3-4-9(8)11)14-15(2,12)13/h3-6H,1-2H3. The zero-order valence-electron chi connectivity index (χ0n) is 8.20. The van der Waals surface area contributed by atoms with Gasteiger partial charge in [0.1, 0.15) is 5.75 Å². The molecule has 0 heterocycles. The van der Waals surface area contributed by atoms with Crippen molar-refractivity contribution in [3.05, 3.63) is 28.2 Å². The van der Waals surface area contributed by atoms with Gasteiger partial charge in [0, 0.05) is 9.30 Å². The predicted molar refractivity (Wildman–Crippen MR) is 67.0 cm³/mol. The highest BCUT2D eigenvalue weighted by atomic mass is 79.9. The first kappa shape index (κ1) is 13.0. The Morgan fingerprint density at radius 2 is 2.00 bits per heavy atom. The number of benzene rings is 1. The Balaban J connectivity index is 3.08. The van der Waals surface area contributed by atoms with Crippen LogP contribution in [-0.4, -0.2) is 14.7 Å². The van der Waals surface area contributed by atoms with Crippen LogP contribution in [0.4, 0.5) is 0 Å². The van der Waals surface area contributed by atoms with Gasteiger partial charge in [-0.3, -0.25) is 0 Å². The van der Waals surface area contributed by atoms with Gasteiger partial charge in [0.05, 0.1) is 6.26 Å². The summed E-state index contributed by atoms with van der Waals surface area (Å²) in [5, 5.41) is 0. The maximum absolute atomic E-state index is 10.9. The second-order valence-electron chi connectivity index (χ2n) is 3.09. The van der Waals surface area contributed by atoms with Gasteiger partial charge in [0.25, 0.3) is 0 Å². The van der Waals surface area contributed by atoms with E-state index in [1.165, 1.54) is 0 Å². The van der Waals surface area contributed by atoms with Crippen molar-refractivity contribution >= 4 is 42.0 Å². The Hall–Kier alpha value is -0.0700. The Morgan fingerprint density at radius 3 is 2.47 bits per heavy atom. The molecular formula is C9H10Br2O3S. The molecule has 15 heavy (non-hydrogen) atoms. The minimum absolute atomic E-state index is 0.120. The van der Waals surface area contributed by atoms with Crippen molar-refractivity contribution in [1.82, 2.24) is 0 Å². The van der Waals surface area contributed by atoms with Crippen LogP contribution >= 0.6 is 31.9 Å². The number of rotatable bonds is 3. The largest absolute Gasteiger partial charge is 0.383 e. The number of halogens is 2. The molecule has 0 saturated heterocycles. The van der Waals surface area contributed by atoms with Crippen molar-refractivity contribution in [2.45, 2.75) is 11.8 Å². The van der Waals surface area contributed by atoms with Gasteiger partial charge in [-0.2, -0.15) is 8.42 Å². The van der Waals surface area contributed by atoms with E-state index < -0.39 is 10.1 Å². The molecule has 0 bridgehead atoms. The minimum atomic E-state index is -3.46. The van der Waals surface area contributed by atoms with Crippen LogP contribution in [0.2, 0.25) is 0 Å². The van der Waals surface area contributed by atoms with Gasteiger partial charge < -0.3 is 4.18 Å². The molecule has 1 aromatic rings. The topological polar surface area (TPSA) is 43.4 Å². The first-order valence-corrected chi connectivity index (χ1v) is 7.65. The van der Waals surface area contributed by atoms with Gasteiger partial charge in [-0.1, -0.05) is 31.9 Å². The molecule has 0 radical (unpaired) electrons. The summed E-state index contributed by atoms with van der Waals surface area (Å²) < 4.78 is 27.5. The van der Waals surface area contributed by atoms with Crippen LogP contribution < -0.4 is 4.18 Å². The lowest BCUT2D eigenvalue weighted by Gasteiger charge is -2.09.